The summed E-state index contributed by atoms with van der Waals surface area (Å²) in [5.74, 6) is -0.0679. The van der Waals surface area contributed by atoms with E-state index in [2.05, 4.69) is 20.9 Å². The predicted molar refractivity (Wildman–Crippen MR) is 68.8 cm³/mol. The molecular weight excluding hydrogens is 284 g/mol. The van der Waals surface area contributed by atoms with Crippen LogP contribution in [0.25, 0.3) is 0 Å². The molecule has 1 fully saturated rings. The van der Waals surface area contributed by atoms with Crippen molar-refractivity contribution in [3.8, 4) is 0 Å². The Morgan fingerprint density at radius 1 is 1.53 bits per heavy atom. The summed E-state index contributed by atoms with van der Waals surface area (Å²) in [7, 11) is 1.76. The van der Waals surface area contributed by atoms with Crippen molar-refractivity contribution in [2.75, 3.05) is 7.05 Å². The SMILES string of the molecule is CN(C(=O)c1cc(Br)c[nH]1)C1CCCCC1O. The number of carbonyl (C=O) groups is 1. The normalized spacial score (nSPS) is 24.6. The van der Waals surface area contributed by atoms with Gasteiger partial charge in [-0.2, -0.15) is 0 Å². The number of nitrogens with zero attached hydrogens (tertiary/aromatic N) is 1. The van der Waals surface area contributed by atoms with Crippen LogP contribution in [0.4, 0.5) is 0 Å². The van der Waals surface area contributed by atoms with E-state index in [0.29, 0.717) is 5.69 Å². The van der Waals surface area contributed by atoms with Gasteiger partial charge in [-0.1, -0.05) is 12.8 Å². The van der Waals surface area contributed by atoms with Gasteiger partial charge in [0.25, 0.3) is 5.91 Å². The number of H-pyrrole nitrogens is 1. The molecular formula is C12H17BrN2O2. The van der Waals surface area contributed by atoms with Crippen molar-refractivity contribution in [2.24, 2.45) is 0 Å². The molecule has 1 aliphatic rings. The summed E-state index contributed by atoms with van der Waals surface area (Å²) in [4.78, 5) is 16.7. The van der Waals surface area contributed by atoms with E-state index in [1.165, 1.54) is 0 Å². The molecule has 0 aliphatic heterocycles. The van der Waals surface area contributed by atoms with Crippen molar-refractivity contribution < 1.29 is 9.90 Å². The minimum absolute atomic E-state index is 0.0571. The van der Waals surface area contributed by atoms with Crippen LogP contribution in [0, 0.1) is 0 Å². The molecule has 1 aliphatic carbocycles. The summed E-state index contributed by atoms with van der Waals surface area (Å²) in [6.45, 7) is 0. The largest absolute Gasteiger partial charge is 0.391 e. The molecule has 0 spiro atoms. The van der Waals surface area contributed by atoms with Crippen molar-refractivity contribution in [2.45, 2.75) is 37.8 Å². The summed E-state index contributed by atoms with van der Waals surface area (Å²) in [6.07, 6.45) is 5.14. The lowest BCUT2D eigenvalue weighted by Gasteiger charge is -2.34. The molecule has 2 atom stereocenters. The Morgan fingerprint density at radius 3 is 2.82 bits per heavy atom. The fourth-order valence-corrected chi connectivity index (χ4v) is 2.72. The van der Waals surface area contributed by atoms with Gasteiger partial charge in [0, 0.05) is 17.7 Å². The number of hydrogen-bond acceptors (Lipinski definition) is 2. The minimum atomic E-state index is -0.392. The molecule has 0 aromatic carbocycles. The number of aromatic nitrogens is 1. The molecule has 1 amide bonds. The highest BCUT2D eigenvalue weighted by Crippen LogP contribution is 2.23. The highest BCUT2D eigenvalue weighted by molar-refractivity contribution is 9.10. The number of nitrogens with one attached hydrogen (secondary N) is 1. The smallest absolute Gasteiger partial charge is 0.270 e. The molecule has 17 heavy (non-hydrogen) atoms. The van der Waals surface area contributed by atoms with Crippen LogP contribution in [-0.2, 0) is 0 Å². The predicted octanol–water partition coefficient (Wildman–Crippen LogP) is 2.15. The minimum Gasteiger partial charge on any atom is -0.391 e. The molecule has 1 saturated carbocycles. The van der Waals surface area contributed by atoms with Crippen molar-refractivity contribution in [3.63, 3.8) is 0 Å². The lowest BCUT2D eigenvalue weighted by Crippen LogP contribution is -2.46. The molecule has 2 unspecified atom stereocenters. The van der Waals surface area contributed by atoms with E-state index in [9.17, 15) is 9.90 Å². The van der Waals surface area contributed by atoms with E-state index >= 15 is 0 Å². The number of rotatable bonds is 2. The van der Waals surface area contributed by atoms with Crippen LogP contribution in [0.2, 0.25) is 0 Å². The van der Waals surface area contributed by atoms with Crippen LogP contribution in [0.3, 0.4) is 0 Å². The molecule has 1 heterocycles. The van der Waals surface area contributed by atoms with Crippen molar-refractivity contribution in [1.29, 1.82) is 0 Å². The van der Waals surface area contributed by atoms with Crippen LogP contribution in [0.15, 0.2) is 16.7 Å². The van der Waals surface area contributed by atoms with E-state index in [-0.39, 0.29) is 11.9 Å². The van der Waals surface area contributed by atoms with Crippen LogP contribution in [0.1, 0.15) is 36.2 Å². The highest BCUT2D eigenvalue weighted by atomic mass is 79.9. The van der Waals surface area contributed by atoms with Gasteiger partial charge in [0.15, 0.2) is 0 Å². The first-order chi connectivity index (χ1) is 8.09. The van der Waals surface area contributed by atoms with Gasteiger partial charge in [-0.15, -0.1) is 0 Å². The molecule has 0 radical (unpaired) electrons. The average molecular weight is 301 g/mol. The first-order valence-corrected chi connectivity index (χ1v) is 6.68. The van der Waals surface area contributed by atoms with Gasteiger partial charge in [-0.3, -0.25) is 4.79 Å². The molecule has 0 saturated heterocycles. The number of halogens is 1. The van der Waals surface area contributed by atoms with E-state index in [1.807, 2.05) is 0 Å². The van der Waals surface area contributed by atoms with Crippen LogP contribution >= 0.6 is 15.9 Å². The molecule has 0 bridgehead atoms. The molecule has 94 valence electrons. The second-order valence-electron chi connectivity index (χ2n) is 4.57. The van der Waals surface area contributed by atoms with Gasteiger partial charge in [-0.25, -0.2) is 0 Å². The zero-order chi connectivity index (χ0) is 12.4. The van der Waals surface area contributed by atoms with E-state index < -0.39 is 6.10 Å². The highest BCUT2D eigenvalue weighted by Gasteiger charge is 2.30. The molecule has 1 aromatic rings. The number of carbonyl (C=O) groups excluding carboxylic acids is 1. The van der Waals surface area contributed by atoms with E-state index in [0.717, 1.165) is 30.2 Å². The first-order valence-electron chi connectivity index (χ1n) is 5.88. The molecule has 5 heteroatoms. The number of amides is 1. The third-order valence-electron chi connectivity index (χ3n) is 3.39. The Balaban J connectivity index is 2.08. The van der Waals surface area contributed by atoms with Gasteiger partial charge in [-0.05, 0) is 34.8 Å². The standard InChI is InChI=1S/C12H17BrN2O2/c1-15(10-4-2-3-5-11(10)16)12(17)9-6-8(13)7-14-9/h6-7,10-11,14,16H,2-5H2,1H3. The molecule has 2 rings (SSSR count). The first kappa shape index (κ1) is 12.6. The molecule has 1 aromatic heterocycles. The lowest BCUT2D eigenvalue weighted by molar-refractivity contribution is 0.0265. The summed E-state index contributed by atoms with van der Waals surface area (Å²) < 4.78 is 0.860. The Kier molecular flexibility index (Phi) is 3.89. The number of aromatic amines is 1. The quantitative estimate of drug-likeness (QED) is 0.879. The lowest BCUT2D eigenvalue weighted by atomic mass is 9.91. The second kappa shape index (κ2) is 5.23. The topological polar surface area (TPSA) is 56.3 Å². The maximum Gasteiger partial charge on any atom is 0.270 e. The van der Waals surface area contributed by atoms with E-state index in [4.69, 9.17) is 0 Å². The summed E-state index contributed by atoms with van der Waals surface area (Å²) >= 11 is 3.31. The maximum absolute atomic E-state index is 12.2. The number of likely N-dealkylation sites (N-methyl/N-ethyl adjacent to an activating group) is 1. The maximum atomic E-state index is 12.2. The third-order valence-corrected chi connectivity index (χ3v) is 3.85. The fourth-order valence-electron chi connectivity index (χ4n) is 2.38. The van der Waals surface area contributed by atoms with E-state index in [1.54, 1.807) is 24.2 Å². The van der Waals surface area contributed by atoms with Crippen molar-refractivity contribution in [1.82, 2.24) is 9.88 Å². The van der Waals surface area contributed by atoms with Crippen LogP contribution < -0.4 is 0 Å². The molecule has 2 N–H and O–H groups in total. The number of aliphatic hydroxyl groups is 1. The zero-order valence-electron chi connectivity index (χ0n) is 9.82. The zero-order valence-corrected chi connectivity index (χ0v) is 11.4. The van der Waals surface area contributed by atoms with Gasteiger partial charge in [0.1, 0.15) is 5.69 Å². The van der Waals surface area contributed by atoms with Crippen molar-refractivity contribution >= 4 is 21.8 Å². The Morgan fingerprint density at radius 2 is 2.24 bits per heavy atom. The Hall–Kier alpha value is -0.810. The van der Waals surface area contributed by atoms with Crippen molar-refractivity contribution in [3.05, 3.63) is 22.4 Å². The Labute approximate surface area is 109 Å². The van der Waals surface area contributed by atoms with Gasteiger partial charge in [0.2, 0.25) is 0 Å². The average Bonchev–Trinajstić information content (AvgIpc) is 2.75. The van der Waals surface area contributed by atoms with Gasteiger partial charge in [0.05, 0.1) is 12.1 Å². The van der Waals surface area contributed by atoms with Gasteiger partial charge >= 0.3 is 0 Å². The van der Waals surface area contributed by atoms with Crippen LogP contribution in [0.5, 0.6) is 0 Å². The Bertz CT molecular complexity index is 405. The summed E-state index contributed by atoms with van der Waals surface area (Å²) in [5, 5.41) is 9.93. The van der Waals surface area contributed by atoms with Gasteiger partial charge < -0.3 is 15.0 Å². The monoisotopic (exact) mass is 300 g/mol. The third kappa shape index (κ3) is 2.72. The fraction of sp³-hybridized carbons (Fsp3) is 0.583. The molecule has 4 nitrogen and oxygen atoms in total. The second-order valence-corrected chi connectivity index (χ2v) is 5.48. The number of aliphatic hydroxyl groups excluding tert-OH is 1. The number of hydrogen-bond donors (Lipinski definition) is 2. The van der Waals surface area contributed by atoms with Crippen LogP contribution in [-0.4, -0.2) is 40.1 Å². The summed E-state index contributed by atoms with van der Waals surface area (Å²) in [6, 6.07) is 1.70. The summed E-state index contributed by atoms with van der Waals surface area (Å²) in [5.41, 5.74) is 0.553.